The van der Waals surface area contributed by atoms with E-state index < -0.39 is 0 Å². The number of hydrogen-bond acceptors (Lipinski definition) is 2. The molecule has 0 radical (unpaired) electrons. The molecule has 0 bridgehead atoms. The van der Waals surface area contributed by atoms with Crippen LogP contribution in [0.4, 0.5) is 0 Å². The Kier molecular flexibility index (Phi) is 5.83. The molecule has 0 aliphatic rings. The van der Waals surface area contributed by atoms with E-state index in [1.54, 1.807) is 0 Å². The smallest absolute Gasteiger partial charge is 0.131 e. The van der Waals surface area contributed by atoms with Crippen molar-refractivity contribution in [2.24, 2.45) is 5.92 Å². The predicted molar refractivity (Wildman–Crippen MR) is 91.9 cm³/mol. The molecule has 0 aliphatic carbocycles. The van der Waals surface area contributed by atoms with E-state index >= 15 is 0 Å². The maximum Gasteiger partial charge on any atom is 0.131 e. The van der Waals surface area contributed by atoms with E-state index in [0.717, 1.165) is 34.6 Å². The van der Waals surface area contributed by atoms with E-state index in [-0.39, 0.29) is 0 Å². The molecule has 0 saturated heterocycles. The number of aryl methyl sites for hydroxylation is 1. The summed E-state index contributed by atoms with van der Waals surface area (Å²) >= 11 is 3.48. The summed E-state index contributed by atoms with van der Waals surface area (Å²) in [5.41, 5.74) is 2.30. The Balaban J connectivity index is 2.12. The summed E-state index contributed by atoms with van der Waals surface area (Å²) in [4.78, 5) is 0. The van der Waals surface area contributed by atoms with Gasteiger partial charge in [0.15, 0.2) is 0 Å². The third-order valence-electron chi connectivity index (χ3n) is 3.20. The zero-order valence-corrected chi connectivity index (χ0v) is 14.4. The summed E-state index contributed by atoms with van der Waals surface area (Å²) < 4.78 is 7.16. The van der Waals surface area contributed by atoms with Crippen molar-refractivity contribution >= 4 is 15.9 Å². The van der Waals surface area contributed by atoms with Crippen LogP contribution >= 0.6 is 15.9 Å². The lowest BCUT2D eigenvalue weighted by atomic mass is 10.1. The largest absolute Gasteiger partial charge is 0.457 e. The SMILES string of the molecule is Cc1cc(Br)ccc1Oc1ccccc1CNCC(C)C. The van der Waals surface area contributed by atoms with Crippen molar-refractivity contribution in [1.29, 1.82) is 0 Å². The molecular formula is C18H22BrNO. The fourth-order valence-corrected chi connectivity index (χ4v) is 2.57. The van der Waals surface area contributed by atoms with E-state index in [2.05, 4.69) is 54.2 Å². The van der Waals surface area contributed by atoms with Gasteiger partial charge in [0.25, 0.3) is 0 Å². The maximum atomic E-state index is 6.09. The molecule has 1 N–H and O–H groups in total. The molecule has 2 aromatic carbocycles. The molecule has 2 rings (SSSR count). The van der Waals surface area contributed by atoms with E-state index in [1.165, 1.54) is 5.56 Å². The zero-order valence-electron chi connectivity index (χ0n) is 12.8. The van der Waals surface area contributed by atoms with Crippen molar-refractivity contribution in [3.05, 3.63) is 58.1 Å². The van der Waals surface area contributed by atoms with Crippen molar-refractivity contribution < 1.29 is 4.74 Å². The van der Waals surface area contributed by atoms with Crippen molar-refractivity contribution in [3.63, 3.8) is 0 Å². The summed E-state index contributed by atoms with van der Waals surface area (Å²) in [5.74, 6) is 2.46. The monoisotopic (exact) mass is 347 g/mol. The first-order valence-electron chi connectivity index (χ1n) is 7.29. The van der Waals surface area contributed by atoms with Crippen LogP contribution in [0.25, 0.3) is 0 Å². The molecule has 2 nitrogen and oxygen atoms in total. The summed E-state index contributed by atoms with van der Waals surface area (Å²) in [5, 5.41) is 3.46. The van der Waals surface area contributed by atoms with Crippen LogP contribution in [0, 0.1) is 12.8 Å². The predicted octanol–water partition coefficient (Wildman–Crippen LogP) is 5.30. The second-order valence-corrected chi connectivity index (χ2v) is 6.56. The van der Waals surface area contributed by atoms with Crippen molar-refractivity contribution in [3.8, 4) is 11.5 Å². The zero-order chi connectivity index (χ0) is 15.2. The minimum atomic E-state index is 0.645. The first kappa shape index (κ1) is 16.1. The first-order chi connectivity index (χ1) is 10.1. The molecule has 0 saturated carbocycles. The minimum Gasteiger partial charge on any atom is -0.457 e. The number of halogens is 1. The molecule has 112 valence electrons. The highest BCUT2D eigenvalue weighted by molar-refractivity contribution is 9.10. The Morgan fingerprint density at radius 1 is 1.10 bits per heavy atom. The van der Waals surface area contributed by atoms with Crippen molar-refractivity contribution in [1.82, 2.24) is 5.32 Å². The molecule has 3 heteroatoms. The highest BCUT2D eigenvalue weighted by atomic mass is 79.9. The molecular weight excluding hydrogens is 326 g/mol. The normalized spacial score (nSPS) is 10.9. The molecule has 21 heavy (non-hydrogen) atoms. The number of rotatable bonds is 6. The lowest BCUT2D eigenvalue weighted by molar-refractivity contribution is 0.466. The van der Waals surface area contributed by atoms with Gasteiger partial charge in [0.1, 0.15) is 11.5 Å². The Bertz CT molecular complexity index is 596. The van der Waals surface area contributed by atoms with E-state index in [4.69, 9.17) is 4.74 Å². The lowest BCUT2D eigenvalue weighted by Crippen LogP contribution is -2.19. The second kappa shape index (κ2) is 7.62. The van der Waals surface area contributed by atoms with Gasteiger partial charge in [-0.1, -0.05) is 48.0 Å². The van der Waals surface area contributed by atoms with Gasteiger partial charge in [-0.2, -0.15) is 0 Å². The number of nitrogens with one attached hydrogen (secondary N) is 1. The van der Waals surface area contributed by atoms with Crippen LogP contribution in [0.1, 0.15) is 25.0 Å². The molecule has 0 fully saturated rings. The standard InChI is InChI=1S/C18H22BrNO/c1-13(2)11-20-12-15-6-4-5-7-18(15)21-17-9-8-16(19)10-14(17)3/h4-10,13,20H,11-12H2,1-3H3. The molecule has 0 aromatic heterocycles. The van der Waals surface area contributed by atoms with Gasteiger partial charge in [0.2, 0.25) is 0 Å². The van der Waals surface area contributed by atoms with Crippen molar-refractivity contribution in [2.45, 2.75) is 27.3 Å². The number of benzene rings is 2. The highest BCUT2D eigenvalue weighted by Gasteiger charge is 2.07. The van der Waals surface area contributed by atoms with Gasteiger partial charge in [-0.25, -0.2) is 0 Å². The summed E-state index contributed by atoms with van der Waals surface area (Å²) in [6.45, 7) is 8.30. The highest BCUT2D eigenvalue weighted by Crippen LogP contribution is 2.29. The lowest BCUT2D eigenvalue weighted by Gasteiger charge is -2.14. The van der Waals surface area contributed by atoms with Crippen LogP contribution in [-0.2, 0) is 6.54 Å². The third kappa shape index (κ3) is 4.87. The Hall–Kier alpha value is -1.32. The fraction of sp³-hybridized carbons (Fsp3) is 0.333. The van der Waals surface area contributed by atoms with Crippen LogP contribution in [0.15, 0.2) is 46.9 Å². The summed E-state index contributed by atoms with van der Waals surface area (Å²) in [6, 6.07) is 14.3. The molecule has 0 spiro atoms. The van der Waals surface area contributed by atoms with E-state index in [9.17, 15) is 0 Å². The topological polar surface area (TPSA) is 21.3 Å². The molecule has 0 atom stereocenters. The van der Waals surface area contributed by atoms with Gasteiger partial charge in [-0.3, -0.25) is 0 Å². The van der Waals surface area contributed by atoms with E-state index in [1.807, 2.05) is 30.3 Å². The van der Waals surface area contributed by atoms with Crippen LogP contribution in [0.3, 0.4) is 0 Å². The van der Waals surface area contributed by atoms with Gasteiger partial charge in [0, 0.05) is 16.6 Å². The number of para-hydroxylation sites is 1. The fourth-order valence-electron chi connectivity index (χ4n) is 2.09. The number of ether oxygens (including phenoxy) is 1. The van der Waals surface area contributed by atoms with Gasteiger partial charge in [-0.15, -0.1) is 0 Å². The van der Waals surface area contributed by atoms with Crippen LogP contribution < -0.4 is 10.1 Å². The Labute approximate surface area is 135 Å². The Morgan fingerprint density at radius 2 is 1.86 bits per heavy atom. The minimum absolute atomic E-state index is 0.645. The van der Waals surface area contributed by atoms with Crippen molar-refractivity contribution in [2.75, 3.05) is 6.54 Å². The molecule has 0 aliphatic heterocycles. The van der Waals surface area contributed by atoms with Gasteiger partial charge >= 0.3 is 0 Å². The number of hydrogen-bond donors (Lipinski definition) is 1. The van der Waals surface area contributed by atoms with Gasteiger partial charge < -0.3 is 10.1 Å². The van der Waals surface area contributed by atoms with Gasteiger partial charge in [-0.05, 0) is 49.2 Å². The van der Waals surface area contributed by atoms with Crippen LogP contribution in [-0.4, -0.2) is 6.54 Å². The van der Waals surface area contributed by atoms with Crippen LogP contribution in [0.5, 0.6) is 11.5 Å². The average Bonchev–Trinajstić information content (AvgIpc) is 2.43. The molecule has 2 aromatic rings. The average molecular weight is 348 g/mol. The second-order valence-electron chi connectivity index (χ2n) is 5.64. The molecule has 0 unspecified atom stereocenters. The summed E-state index contributed by atoms with van der Waals surface area (Å²) in [6.07, 6.45) is 0. The summed E-state index contributed by atoms with van der Waals surface area (Å²) in [7, 11) is 0. The quantitative estimate of drug-likeness (QED) is 0.765. The molecule has 0 amide bonds. The molecule has 0 heterocycles. The first-order valence-corrected chi connectivity index (χ1v) is 8.08. The maximum absolute atomic E-state index is 6.09. The third-order valence-corrected chi connectivity index (χ3v) is 3.69. The van der Waals surface area contributed by atoms with Crippen LogP contribution in [0.2, 0.25) is 0 Å². The Morgan fingerprint density at radius 3 is 2.57 bits per heavy atom. The van der Waals surface area contributed by atoms with E-state index in [0.29, 0.717) is 5.92 Å². The van der Waals surface area contributed by atoms with Gasteiger partial charge in [0.05, 0.1) is 0 Å².